The molecule has 5 heteroatoms. The Labute approximate surface area is 452 Å². The summed E-state index contributed by atoms with van der Waals surface area (Å²) in [4.78, 5) is 4.94. The van der Waals surface area contributed by atoms with Crippen LogP contribution in [0.2, 0.25) is 0 Å². The lowest BCUT2D eigenvalue weighted by Gasteiger charge is -2.41. The monoisotopic (exact) mass is 996 g/mol. The fourth-order valence-corrected chi connectivity index (χ4v) is 12.4. The molecule has 1 aromatic heterocycles. The lowest BCUT2D eigenvalue weighted by Crippen LogP contribution is -2.59. The molecule has 77 heavy (non-hydrogen) atoms. The molecule has 0 aliphatic carbocycles. The van der Waals surface area contributed by atoms with Gasteiger partial charge in [-0.05, 0) is 131 Å². The molecule has 3 heterocycles. The van der Waals surface area contributed by atoms with Gasteiger partial charge >= 0.3 is 0 Å². The van der Waals surface area contributed by atoms with Crippen molar-refractivity contribution in [1.82, 2.24) is 0 Å². The Kier molecular flexibility index (Phi) is 10.4. The number of rotatable bonds is 6. The molecule has 0 fully saturated rings. The Hall–Kier alpha value is -8.54. The molecule has 12 aromatic rings. The summed E-state index contributed by atoms with van der Waals surface area (Å²) in [6.45, 7) is 20.4. The van der Waals surface area contributed by atoms with Gasteiger partial charge in [0.25, 0.3) is 6.71 Å². The Morgan fingerprint density at radius 3 is 1.58 bits per heavy atom. The molecule has 374 valence electrons. The van der Waals surface area contributed by atoms with Crippen molar-refractivity contribution in [2.24, 2.45) is 0 Å². The van der Waals surface area contributed by atoms with Crippen LogP contribution in [0.3, 0.4) is 0 Å². The summed E-state index contributed by atoms with van der Waals surface area (Å²) in [5, 5.41) is 9.69. The fourth-order valence-electron chi connectivity index (χ4n) is 12.4. The molecule has 4 nitrogen and oxygen atoms in total. The molecule has 0 spiro atoms. The van der Waals surface area contributed by atoms with Gasteiger partial charge in [0.05, 0.1) is 5.69 Å². The van der Waals surface area contributed by atoms with Crippen LogP contribution < -0.4 is 30.9 Å². The second kappa shape index (κ2) is 17.0. The van der Waals surface area contributed by atoms with Gasteiger partial charge in [0.2, 0.25) is 0 Å². The minimum absolute atomic E-state index is 0.00202. The Morgan fingerprint density at radius 1 is 0.403 bits per heavy atom. The second-order valence-corrected chi connectivity index (χ2v) is 24.6. The smallest absolute Gasteiger partial charge is 0.256 e. The predicted molar refractivity (Wildman–Crippen MR) is 327 cm³/mol. The van der Waals surface area contributed by atoms with Crippen molar-refractivity contribution < 1.29 is 9.15 Å². The molecule has 0 bridgehead atoms. The highest BCUT2D eigenvalue weighted by Gasteiger charge is 2.44. The molecule has 0 amide bonds. The van der Waals surface area contributed by atoms with Gasteiger partial charge in [0.1, 0.15) is 23.0 Å². The third-order valence-corrected chi connectivity index (χ3v) is 16.5. The highest BCUT2D eigenvalue weighted by atomic mass is 16.5. The first-order valence-electron chi connectivity index (χ1n) is 27.3. The van der Waals surface area contributed by atoms with Crippen molar-refractivity contribution in [2.75, 3.05) is 9.80 Å². The van der Waals surface area contributed by atoms with E-state index in [0.29, 0.717) is 0 Å². The van der Waals surface area contributed by atoms with Crippen LogP contribution in [-0.2, 0) is 16.2 Å². The van der Waals surface area contributed by atoms with E-state index in [1.54, 1.807) is 0 Å². The largest absolute Gasteiger partial charge is 0.458 e. The van der Waals surface area contributed by atoms with Crippen molar-refractivity contribution in [3.8, 4) is 34.1 Å². The van der Waals surface area contributed by atoms with Gasteiger partial charge in [0.15, 0.2) is 0 Å². The van der Waals surface area contributed by atoms with E-state index in [9.17, 15) is 0 Å². The van der Waals surface area contributed by atoms with E-state index in [2.05, 4.69) is 278 Å². The zero-order chi connectivity index (χ0) is 52.7. The summed E-state index contributed by atoms with van der Waals surface area (Å²) in [6, 6.07) is 76.5. The highest BCUT2D eigenvalue weighted by Crippen LogP contribution is 2.50. The van der Waals surface area contributed by atoms with Gasteiger partial charge in [-0.1, -0.05) is 208 Å². The minimum atomic E-state index is -0.181. The number of hydrogen-bond donors (Lipinski definition) is 0. The van der Waals surface area contributed by atoms with Crippen LogP contribution in [0.4, 0.5) is 34.1 Å². The maximum Gasteiger partial charge on any atom is 0.256 e. The van der Waals surface area contributed by atoms with E-state index < -0.39 is 0 Å². The summed E-state index contributed by atoms with van der Waals surface area (Å²) >= 11 is 0. The number of benzene rings is 11. The van der Waals surface area contributed by atoms with Crippen LogP contribution in [0, 0.1) is 0 Å². The third-order valence-electron chi connectivity index (χ3n) is 16.5. The molecule has 0 atom stereocenters. The number of nitrogens with zero attached hydrogens (tertiary/aromatic N) is 2. The van der Waals surface area contributed by atoms with Gasteiger partial charge in [0, 0.05) is 61.8 Å². The Balaban J connectivity index is 1.03. The molecule has 0 saturated heterocycles. The van der Waals surface area contributed by atoms with Crippen molar-refractivity contribution in [3.05, 3.63) is 223 Å². The highest BCUT2D eigenvalue weighted by molar-refractivity contribution is 6.99. The van der Waals surface area contributed by atoms with Crippen LogP contribution in [0.15, 0.2) is 211 Å². The van der Waals surface area contributed by atoms with E-state index >= 15 is 0 Å². The molecular formula is C72H61BN2O2. The quantitative estimate of drug-likeness (QED) is 0.123. The number of anilines is 6. The SMILES string of the molecule is CC(C)(C)c1ccc(N2c3cc4c(-c5ccccc5)oc(-c5ccccc5)c4cc3B3c4ccc(N(c5ccc(C(C)(C)C)cc5)c5ccc6ccc7cccc8ccc5c6c78)cc4Oc4cc(C(C)(C)C)cc2c43)cc1. The lowest BCUT2D eigenvalue weighted by molar-refractivity contribution is 0.483. The van der Waals surface area contributed by atoms with Gasteiger partial charge in [-0.2, -0.15) is 0 Å². The fraction of sp³-hybridized carbons (Fsp3) is 0.167. The maximum atomic E-state index is 7.50. The Morgan fingerprint density at radius 2 is 0.961 bits per heavy atom. The summed E-state index contributed by atoms with van der Waals surface area (Å²) in [6.07, 6.45) is 0. The van der Waals surface area contributed by atoms with Crippen LogP contribution in [0.1, 0.15) is 79.0 Å². The average molecular weight is 997 g/mol. The van der Waals surface area contributed by atoms with Gasteiger partial charge in [-0.25, -0.2) is 0 Å². The van der Waals surface area contributed by atoms with E-state index in [-0.39, 0.29) is 23.0 Å². The van der Waals surface area contributed by atoms with Gasteiger partial charge in [-0.15, -0.1) is 0 Å². The van der Waals surface area contributed by atoms with Crippen molar-refractivity contribution in [3.63, 3.8) is 0 Å². The van der Waals surface area contributed by atoms with Crippen LogP contribution in [0.5, 0.6) is 11.5 Å². The first-order valence-corrected chi connectivity index (χ1v) is 27.3. The molecule has 0 saturated carbocycles. The molecule has 2 aliphatic heterocycles. The van der Waals surface area contributed by atoms with Crippen molar-refractivity contribution in [1.29, 1.82) is 0 Å². The molecule has 0 N–H and O–H groups in total. The van der Waals surface area contributed by atoms with E-state index in [1.165, 1.54) is 59.9 Å². The van der Waals surface area contributed by atoms with Gasteiger partial charge in [-0.3, -0.25) is 0 Å². The van der Waals surface area contributed by atoms with E-state index in [0.717, 1.165) is 84.5 Å². The lowest BCUT2D eigenvalue weighted by atomic mass is 9.34. The average Bonchev–Trinajstić information content (AvgIpc) is 4.05. The summed E-state index contributed by atoms with van der Waals surface area (Å²) in [5.41, 5.74) is 15.8. The first kappa shape index (κ1) is 47.0. The Bertz CT molecular complexity index is 4270. The first-order chi connectivity index (χ1) is 37.1. The minimum Gasteiger partial charge on any atom is -0.458 e. The van der Waals surface area contributed by atoms with E-state index in [1.807, 2.05) is 0 Å². The molecule has 11 aromatic carbocycles. The van der Waals surface area contributed by atoms with E-state index in [4.69, 9.17) is 9.15 Å². The molecular weight excluding hydrogens is 936 g/mol. The van der Waals surface area contributed by atoms with Crippen LogP contribution in [0.25, 0.3) is 65.7 Å². The maximum absolute atomic E-state index is 7.50. The normalized spacial score (nSPS) is 13.3. The summed E-state index contributed by atoms with van der Waals surface area (Å²) < 4.78 is 14.6. The third kappa shape index (κ3) is 7.57. The number of hydrogen-bond acceptors (Lipinski definition) is 4. The molecule has 2 aliphatic rings. The zero-order valence-electron chi connectivity index (χ0n) is 45.4. The number of fused-ring (bicyclic) bond motifs is 5. The standard InChI is InChI=1S/C72H61BN2O2/c1-70(2,3)49-27-31-52(32-28-49)74(60-38-26-46-24-23-44-21-16-22-45-25-36-55(60)66(46)65(44)45)54-35-37-58-63(41-54)76-64-40-51(72(7,8)9)39-62-67(64)73(58)59-42-56-57(43-61(59)75(62)53-33-29-50(30-34-53)71(4,5)6)69(48-19-14-11-15-20-48)77-68(56)47-17-12-10-13-18-47/h10-43H,1-9H3. The number of ether oxygens (including phenoxy) is 1. The second-order valence-electron chi connectivity index (χ2n) is 24.6. The zero-order valence-corrected chi connectivity index (χ0v) is 45.4. The molecule has 0 unspecified atom stereocenters. The summed E-state index contributed by atoms with van der Waals surface area (Å²) in [7, 11) is 0. The topological polar surface area (TPSA) is 28.9 Å². The predicted octanol–water partition coefficient (Wildman–Crippen LogP) is 18.4. The summed E-state index contributed by atoms with van der Waals surface area (Å²) in [5.74, 6) is 3.45. The molecule has 0 radical (unpaired) electrons. The van der Waals surface area contributed by atoms with Crippen molar-refractivity contribution in [2.45, 2.75) is 78.6 Å². The van der Waals surface area contributed by atoms with Crippen molar-refractivity contribution >= 4 is 100 Å². The number of furan rings is 1. The van der Waals surface area contributed by atoms with Crippen LogP contribution in [-0.4, -0.2) is 6.71 Å². The van der Waals surface area contributed by atoms with Crippen LogP contribution >= 0.6 is 0 Å². The van der Waals surface area contributed by atoms with Gasteiger partial charge < -0.3 is 19.0 Å². The molecule has 14 rings (SSSR count).